The minimum Gasteiger partial charge on any atom is -0.359 e. The average Bonchev–Trinajstić information content (AvgIpc) is 2.76. The van der Waals surface area contributed by atoms with Gasteiger partial charge in [-0.2, -0.15) is 0 Å². The van der Waals surface area contributed by atoms with Gasteiger partial charge in [-0.1, -0.05) is 29.8 Å². The van der Waals surface area contributed by atoms with Crippen molar-refractivity contribution in [1.29, 1.82) is 0 Å². The van der Waals surface area contributed by atoms with Gasteiger partial charge in [0.2, 0.25) is 0 Å². The monoisotopic (exact) mass is 256 g/mol. The summed E-state index contributed by atoms with van der Waals surface area (Å²) in [5.74, 6) is -0.208. The molecular formula is C16H17FN2. The highest BCUT2D eigenvalue weighted by atomic mass is 19.1. The van der Waals surface area contributed by atoms with Crippen LogP contribution >= 0.6 is 0 Å². The van der Waals surface area contributed by atoms with Gasteiger partial charge < -0.3 is 10.6 Å². The third-order valence-corrected chi connectivity index (χ3v) is 3.74. The van der Waals surface area contributed by atoms with E-state index >= 15 is 0 Å². The van der Waals surface area contributed by atoms with Crippen molar-refractivity contribution in [2.45, 2.75) is 19.5 Å². The number of hydrogen-bond acceptors (Lipinski definition) is 2. The molecule has 3 heteroatoms. The Morgan fingerprint density at radius 1 is 1.26 bits per heavy atom. The van der Waals surface area contributed by atoms with Gasteiger partial charge in [0.1, 0.15) is 5.82 Å². The SMILES string of the molecule is Cc1ccc2c(c1)C(CN)N(c1cccc(F)c1)C2. The van der Waals surface area contributed by atoms with Crippen LogP contribution in [0.3, 0.4) is 0 Å². The fourth-order valence-corrected chi connectivity index (χ4v) is 2.81. The first kappa shape index (κ1) is 12.2. The van der Waals surface area contributed by atoms with Crippen molar-refractivity contribution in [3.05, 3.63) is 65.0 Å². The minimum absolute atomic E-state index is 0.136. The maximum Gasteiger partial charge on any atom is 0.125 e. The topological polar surface area (TPSA) is 29.3 Å². The molecule has 19 heavy (non-hydrogen) atoms. The Balaban J connectivity index is 2.02. The molecule has 0 bridgehead atoms. The lowest BCUT2D eigenvalue weighted by Crippen LogP contribution is -2.27. The zero-order valence-corrected chi connectivity index (χ0v) is 10.9. The molecule has 2 nitrogen and oxygen atoms in total. The fourth-order valence-electron chi connectivity index (χ4n) is 2.81. The van der Waals surface area contributed by atoms with E-state index in [-0.39, 0.29) is 11.9 Å². The van der Waals surface area contributed by atoms with Crippen LogP contribution in [-0.4, -0.2) is 6.54 Å². The number of fused-ring (bicyclic) bond motifs is 1. The van der Waals surface area contributed by atoms with E-state index in [1.54, 1.807) is 12.1 Å². The Morgan fingerprint density at radius 3 is 2.84 bits per heavy atom. The number of nitrogens with zero attached hydrogens (tertiary/aromatic N) is 1. The van der Waals surface area contributed by atoms with Gasteiger partial charge in [0, 0.05) is 18.8 Å². The molecule has 1 unspecified atom stereocenters. The second-order valence-corrected chi connectivity index (χ2v) is 5.06. The molecule has 0 saturated carbocycles. The first-order chi connectivity index (χ1) is 9.19. The molecule has 0 radical (unpaired) electrons. The summed E-state index contributed by atoms with van der Waals surface area (Å²) in [6.07, 6.45) is 0. The summed E-state index contributed by atoms with van der Waals surface area (Å²) in [6, 6.07) is 13.3. The molecule has 0 amide bonds. The molecule has 0 fully saturated rings. The molecule has 0 saturated heterocycles. The van der Waals surface area contributed by atoms with Crippen LogP contribution < -0.4 is 10.6 Å². The van der Waals surface area contributed by atoms with Crippen LogP contribution in [0.15, 0.2) is 42.5 Å². The second-order valence-electron chi connectivity index (χ2n) is 5.06. The van der Waals surface area contributed by atoms with Gasteiger partial charge in [0.05, 0.1) is 6.04 Å². The summed E-state index contributed by atoms with van der Waals surface area (Å²) in [4.78, 5) is 2.17. The molecule has 0 aromatic heterocycles. The van der Waals surface area contributed by atoms with Gasteiger partial charge in [-0.15, -0.1) is 0 Å². The van der Waals surface area contributed by atoms with Gasteiger partial charge in [-0.3, -0.25) is 0 Å². The van der Waals surface area contributed by atoms with Gasteiger partial charge in [-0.05, 0) is 36.2 Å². The highest BCUT2D eigenvalue weighted by molar-refractivity contribution is 5.55. The molecule has 0 spiro atoms. The maximum absolute atomic E-state index is 13.4. The molecule has 1 atom stereocenters. The summed E-state index contributed by atoms with van der Waals surface area (Å²) in [5.41, 5.74) is 10.6. The van der Waals surface area contributed by atoms with Crippen LogP contribution in [-0.2, 0) is 6.54 Å². The smallest absolute Gasteiger partial charge is 0.125 e. The molecule has 2 N–H and O–H groups in total. The molecule has 1 aliphatic rings. The van der Waals surface area contributed by atoms with Crippen LogP contribution in [0.25, 0.3) is 0 Å². The molecule has 98 valence electrons. The Labute approximate surface area is 112 Å². The van der Waals surface area contributed by atoms with E-state index in [2.05, 4.69) is 30.0 Å². The molecular weight excluding hydrogens is 239 g/mol. The summed E-state index contributed by atoms with van der Waals surface area (Å²) >= 11 is 0. The van der Waals surface area contributed by atoms with E-state index in [9.17, 15) is 4.39 Å². The van der Waals surface area contributed by atoms with Crippen molar-refractivity contribution in [1.82, 2.24) is 0 Å². The van der Waals surface area contributed by atoms with Crippen LogP contribution in [0.4, 0.5) is 10.1 Å². The van der Waals surface area contributed by atoms with E-state index in [1.807, 2.05) is 6.07 Å². The first-order valence-electron chi connectivity index (χ1n) is 6.51. The van der Waals surface area contributed by atoms with Crippen molar-refractivity contribution in [3.63, 3.8) is 0 Å². The van der Waals surface area contributed by atoms with Crippen molar-refractivity contribution in [2.24, 2.45) is 5.73 Å². The second kappa shape index (κ2) is 4.67. The quantitative estimate of drug-likeness (QED) is 0.894. The van der Waals surface area contributed by atoms with Gasteiger partial charge >= 0.3 is 0 Å². The summed E-state index contributed by atoms with van der Waals surface area (Å²) < 4.78 is 13.4. The largest absolute Gasteiger partial charge is 0.359 e. The molecule has 3 rings (SSSR count). The fraction of sp³-hybridized carbons (Fsp3) is 0.250. The van der Waals surface area contributed by atoms with Gasteiger partial charge in [0.15, 0.2) is 0 Å². The predicted octanol–water partition coefficient (Wildman–Crippen LogP) is 3.15. The van der Waals surface area contributed by atoms with Crippen molar-refractivity contribution >= 4 is 5.69 Å². The number of anilines is 1. The molecule has 1 aliphatic heterocycles. The Morgan fingerprint density at radius 2 is 2.11 bits per heavy atom. The third kappa shape index (κ3) is 2.10. The van der Waals surface area contributed by atoms with Crippen LogP contribution in [0.5, 0.6) is 0 Å². The molecule has 0 aliphatic carbocycles. The zero-order valence-electron chi connectivity index (χ0n) is 10.9. The lowest BCUT2D eigenvalue weighted by atomic mass is 10.0. The van der Waals surface area contributed by atoms with E-state index < -0.39 is 0 Å². The third-order valence-electron chi connectivity index (χ3n) is 3.74. The van der Waals surface area contributed by atoms with Crippen molar-refractivity contribution in [2.75, 3.05) is 11.4 Å². The number of halogens is 1. The van der Waals surface area contributed by atoms with Gasteiger partial charge in [0.25, 0.3) is 0 Å². The molecule has 2 aromatic rings. The van der Waals surface area contributed by atoms with Crippen LogP contribution in [0.2, 0.25) is 0 Å². The lowest BCUT2D eigenvalue weighted by molar-refractivity contribution is 0.622. The Bertz CT molecular complexity index is 609. The summed E-state index contributed by atoms with van der Waals surface area (Å²) in [7, 11) is 0. The predicted molar refractivity (Wildman–Crippen MR) is 75.6 cm³/mol. The van der Waals surface area contributed by atoms with Crippen LogP contribution in [0.1, 0.15) is 22.7 Å². The van der Waals surface area contributed by atoms with E-state index in [0.717, 1.165) is 12.2 Å². The highest BCUT2D eigenvalue weighted by Gasteiger charge is 2.29. The number of nitrogens with two attached hydrogens (primary N) is 1. The normalized spacial score (nSPS) is 17.6. The Kier molecular flexibility index (Phi) is 2.99. The van der Waals surface area contributed by atoms with Crippen LogP contribution in [0, 0.1) is 12.7 Å². The average molecular weight is 256 g/mol. The summed E-state index contributed by atoms with van der Waals surface area (Å²) in [5, 5.41) is 0. The van der Waals surface area contributed by atoms with Crippen molar-refractivity contribution < 1.29 is 4.39 Å². The number of rotatable bonds is 2. The zero-order chi connectivity index (χ0) is 13.4. The lowest BCUT2D eigenvalue weighted by Gasteiger charge is -2.26. The van der Waals surface area contributed by atoms with Crippen molar-refractivity contribution in [3.8, 4) is 0 Å². The number of aryl methyl sites for hydroxylation is 1. The molecule has 1 heterocycles. The van der Waals surface area contributed by atoms with E-state index in [4.69, 9.17) is 5.73 Å². The standard InChI is InChI=1S/C16H17FN2/c1-11-5-6-12-10-19(16(9-18)15(12)7-11)14-4-2-3-13(17)8-14/h2-8,16H,9-10,18H2,1H3. The summed E-state index contributed by atoms with van der Waals surface area (Å²) in [6.45, 7) is 3.41. The number of benzene rings is 2. The maximum atomic E-state index is 13.4. The molecule has 2 aromatic carbocycles. The van der Waals surface area contributed by atoms with E-state index in [0.29, 0.717) is 6.54 Å². The Hall–Kier alpha value is -1.87. The van der Waals surface area contributed by atoms with E-state index in [1.165, 1.54) is 22.8 Å². The highest BCUT2D eigenvalue weighted by Crippen LogP contribution is 2.37. The van der Waals surface area contributed by atoms with Gasteiger partial charge in [-0.25, -0.2) is 4.39 Å². The number of hydrogen-bond donors (Lipinski definition) is 1. The minimum atomic E-state index is -0.208. The first-order valence-corrected chi connectivity index (χ1v) is 6.51.